The van der Waals surface area contributed by atoms with Crippen molar-refractivity contribution in [2.75, 3.05) is 22.5 Å². The van der Waals surface area contributed by atoms with Crippen molar-refractivity contribution in [2.45, 2.75) is 11.3 Å². The van der Waals surface area contributed by atoms with Crippen molar-refractivity contribution in [1.82, 2.24) is 0 Å². The molecule has 2 aromatic carbocycles. The van der Waals surface area contributed by atoms with Gasteiger partial charge in [0.1, 0.15) is 6.29 Å². The number of halogens is 2. The van der Waals surface area contributed by atoms with Crippen molar-refractivity contribution in [3.8, 4) is 0 Å². The maximum atomic E-state index is 11.9. The summed E-state index contributed by atoms with van der Waals surface area (Å²) in [5.74, 6) is -0.0204. The summed E-state index contributed by atoms with van der Waals surface area (Å²) in [7, 11) is -2.63. The maximum Gasteiger partial charge on any atom is 0.345 e. The van der Waals surface area contributed by atoms with E-state index in [1.807, 2.05) is 0 Å². The van der Waals surface area contributed by atoms with Gasteiger partial charge >= 0.3 is 7.60 Å². The van der Waals surface area contributed by atoms with Gasteiger partial charge in [0.05, 0.1) is 6.42 Å². The van der Waals surface area contributed by atoms with Gasteiger partial charge in [0.2, 0.25) is 5.91 Å². The van der Waals surface area contributed by atoms with Gasteiger partial charge < -0.3 is 14.7 Å². The minimum absolute atomic E-state index is 0.0204. The van der Waals surface area contributed by atoms with Gasteiger partial charge in [-0.15, -0.1) is 0 Å². The number of rotatable bonds is 5. The zero-order chi connectivity index (χ0) is 19.1. The number of amides is 1. The molecule has 3 rings (SSSR count). The molecule has 0 atom stereocenters. The molecule has 0 radical (unpaired) electrons. The molecule has 0 fully saturated rings. The van der Waals surface area contributed by atoms with E-state index in [0.717, 1.165) is 23.2 Å². The largest absolute Gasteiger partial charge is 0.345 e. The van der Waals surface area contributed by atoms with Gasteiger partial charge in [-0.25, -0.2) is 0 Å². The van der Waals surface area contributed by atoms with Crippen LogP contribution >= 0.6 is 42.7 Å². The number of carbonyl (C=O) groups is 1. The lowest BCUT2D eigenvalue weighted by Gasteiger charge is -2.24. The Morgan fingerprint density at radius 1 is 1.19 bits per heavy atom. The molecule has 1 heterocycles. The Labute approximate surface area is 165 Å². The van der Waals surface area contributed by atoms with E-state index in [0.29, 0.717) is 20.6 Å². The Morgan fingerprint density at radius 2 is 1.85 bits per heavy atom. The molecule has 0 saturated carbocycles. The molecule has 6 nitrogen and oxygen atoms in total. The monoisotopic (exact) mass is 432 g/mol. The molecule has 2 N–H and O–H groups in total. The Bertz CT molecular complexity index is 901. The Balaban J connectivity index is 1.95. The molecule has 0 aliphatic carbocycles. The highest BCUT2D eigenvalue weighted by Crippen LogP contribution is 2.43. The SMILES string of the molecule is CN1C(=O)Cc2cc(N(CP(=O)(O)O)Sc3cc(Cl)cc(Cl)c3)ccc21. The molecule has 1 aliphatic rings. The summed E-state index contributed by atoms with van der Waals surface area (Å²) < 4.78 is 13.1. The zero-order valence-corrected chi connectivity index (χ0v) is 16.8. The number of hydrogen-bond donors (Lipinski definition) is 2. The molecule has 138 valence electrons. The molecule has 0 bridgehead atoms. The molecule has 10 heteroatoms. The summed E-state index contributed by atoms with van der Waals surface area (Å²) in [4.78, 5) is 33.0. The maximum absolute atomic E-state index is 11.9. The van der Waals surface area contributed by atoms with E-state index in [4.69, 9.17) is 23.2 Å². The summed E-state index contributed by atoms with van der Waals surface area (Å²) in [6, 6.07) is 10.2. The van der Waals surface area contributed by atoms with Gasteiger partial charge in [-0.05, 0) is 53.9 Å². The Morgan fingerprint density at radius 3 is 2.46 bits per heavy atom. The average Bonchev–Trinajstić information content (AvgIpc) is 2.78. The van der Waals surface area contributed by atoms with E-state index < -0.39 is 13.9 Å². The van der Waals surface area contributed by atoms with Crippen molar-refractivity contribution >= 4 is 60.0 Å². The second-order valence-corrected chi connectivity index (χ2v) is 9.40. The van der Waals surface area contributed by atoms with Crippen molar-refractivity contribution < 1.29 is 19.1 Å². The molecule has 0 unspecified atom stereocenters. The summed E-state index contributed by atoms with van der Waals surface area (Å²) in [5, 5.41) is 0.856. The minimum Gasteiger partial charge on any atom is -0.323 e. The van der Waals surface area contributed by atoms with E-state index in [1.54, 1.807) is 48.3 Å². The van der Waals surface area contributed by atoms with Gasteiger partial charge in [-0.1, -0.05) is 23.2 Å². The smallest absolute Gasteiger partial charge is 0.323 e. The lowest BCUT2D eigenvalue weighted by Crippen LogP contribution is -2.20. The summed E-state index contributed by atoms with van der Waals surface area (Å²) >= 11 is 13.1. The molecular weight excluding hydrogens is 418 g/mol. The first kappa shape index (κ1) is 19.5. The van der Waals surface area contributed by atoms with Crippen LogP contribution in [-0.2, 0) is 15.8 Å². The van der Waals surface area contributed by atoms with Crippen molar-refractivity contribution in [3.05, 3.63) is 52.0 Å². The van der Waals surface area contributed by atoms with E-state index in [2.05, 4.69) is 0 Å². The van der Waals surface area contributed by atoms with Crippen molar-refractivity contribution in [1.29, 1.82) is 0 Å². The van der Waals surface area contributed by atoms with Crippen LogP contribution in [0.5, 0.6) is 0 Å². The third-order valence-electron chi connectivity index (χ3n) is 3.79. The first-order chi connectivity index (χ1) is 12.1. The number of anilines is 2. The molecule has 0 saturated heterocycles. The van der Waals surface area contributed by atoms with Crippen molar-refractivity contribution in [2.24, 2.45) is 0 Å². The predicted octanol–water partition coefficient (Wildman–Crippen LogP) is 4.16. The second-order valence-electron chi connectivity index (χ2n) is 5.82. The first-order valence-electron chi connectivity index (χ1n) is 7.48. The average molecular weight is 433 g/mol. The van der Waals surface area contributed by atoms with Crippen LogP contribution in [0, 0.1) is 0 Å². The number of carbonyl (C=O) groups excluding carboxylic acids is 1. The lowest BCUT2D eigenvalue weighted by molar-refractivity contribution is -0.117. The highest BCUT2D eigenvalue weighted by molar-refractivity contribution is 8.01. The topological polar surface area (TPSA) is 81.1 Å². The fraction of sp³-hybridized carbons (Fsp3) is 0.188. The molecule has 1 aliphatic heterocycles. The number of likely N-dealkylation sites (N-methyl/N-ethyl adjacent to an activating group) is 1. The Kier molecular flexibility index (Phi) is 5.58. The first-order valence-corrected chi connectivity index (χ1v) is 10.8. The van der Waals surface area contributed by atoms with Gasteiger partial charge in [-0.2, -0.15) is 0 Å². The van der Waals surface area contributed by atoms with E-state index >= 15 is 0 Å². The van der Waals surface area contributed by atoms with E-state index in [-0.39, 0.29) is 12.3 Å². The van der Waals surface area contributed by atoms with Crippen LogP contribution in [0.2, 0.25) is 10.0 Å². The van der Waals surface area contributed by atoms with Crippen LogP contribution < -0.4 is 9.21 Å². The highest BCUT2D eigenvalue weighted by atomic mass is 35.5. The fourth-order valence-corrected chi connectivity index (χ4v) is 5.32. The zero-order valence-electron chi connectivity index (χ0n) is 13.6. The third kappa shape index (κ3) is 4.55. The van der Waals surface area contributed by atoms with Crippen LogP contribution in [-0.4, -0.2) is 29.0 Å². The van der Waals surface area contributed by atoms with Crippen LogP contribution in [0.4, 0.5) is 11.4 Å². The normalized spacial score (nSPS) is 13.9. The van der Waals surface area contributed by atoms with Crippen LogP contribution in [0.25, 0.3) is 0 Å². The van der Waals surface area contributed by atoms with Crippen LogP contribution in [0.3, 0.4) is 0 Å². The molecule has 26 heavy (non-hydrogen) atoms. The molecule has 0 aromatic heterocycles. The standard InChI is InChI=1S/C16H15Cl2N2O4PS/c1-19-15-3-2-13(4-10(15)5-16(19)21)20(9-25(22,23)24)26-14-7-11(17)6-12(18)8-14/h2-4,6-8H,5,9H2,1H3,(H2,22,23,24). The highest BCUT2D eigenvalue weighted by Gasteiger charge is 2.27. The fourth-order valence-electron chi connectivity index (χ4n) is 2.65. The minimum atomic E-state index is -4.33. The number of nitrogens with zero attached hydrogens (tertiary/aromatic N) is 2. The Hall–Kier alpha value is -1.21. The van der Waals surface area contributed by atoms with E-state index in [9.17, 15) is 19.1 Å². The summed E-state index contributed by atoms with van der Waals surface area (Å²) in [5.41, 5.74) is 2.19. The van der Waals surface area contributed by atoms with Gasteiger partial charge in [0.25, 0.3) is 0 Å². The predicted molar refractivity (Wildman–Crippen MR) is 105 cm³/mol. The van der Waals surface area contributed by atoms with Crippen molar-refractivity contribution in [3.63, 3.8) is 0 Å². The van der Waals surface area contributed by atoms with Crippen LogP contribution in [0.1, 0.15) is 5.56 Å². The molecule has 2 aromatic rings. The number of hydrogen-bond acceptors (Lipinski definition) is 4. The van der Waals surface area contributed by atoms with Crippen LogP contribution in [0.15, 0.2) is 41.3 Å². The summed E-state index contributed by atoms with van der Waals surface area (Å²) in [6.07, 6.45) is -0.235. The van der Waals surface area contributed by atoms with Gasteiger partial charge in [0.15, 0.2) is 0 Å². The van der Waals surface area contributed by atoms with E-state index in [1.165, 1.54) is 4.31 Å². The number of fused-ring (bicyclic) bond motifs is 1. The second kappa shape index (κ2) is 7.43. The van der Waals surface area contributed by atoms with Gasteiger partial charge in [0, 0.05) is 33.4 Å². The van der Waals surface area contributed by atoms with Gasteiger partial charge in [-0.3, -0.25) is 13.7 Å². The molecule has 1 amide bonds. The number of benzene rings is 2. The quantitative estimate of drug-likeness (QED) is 0.545. The molecular formula is C16H15Cl2N2O4PS. The third-order valence-corrected chi connectivity index (χ3v) is 6.08. The molecule has 0 spiro atoms. The summed E-state index contributed by atoms with van der Waals surface area (Å²) in [6.45, 7) is 0. The lowest BCUT2D eigenvalue weighted by atomic mass is 10.1.